The van der Waals surface area contributed by atoms with Gasteiger partial charge in [-0.3, -0.25) is 4.90 Å². The van der Waals surface area contributed by atoms with Gasteiger partial charge in [0.25, 0.3) is 0 Å². The Morgan fingerprint density at radius 1 is 1.24 bits per heavy atom. The summed E-state index contributed by atoms with van der Waals surface area (Å²) in [5.74, 6) is 1.10. The molecule has 1 aliphatic carbocycles. The van der Waals surface area contributed by atoms with Crippen molar-refractivity contribution in [2.24, 2.45) is 0 Å². The average molecular weight is 229 g/mol. The highest BCUT2D eigenvalue weighted by Crippen LogP contribution is 2.28. The van der Waals surface area contributed by atoms with Crippen LogP contribution in [-0.2, 0) is 0 Å². The van der Waals surface area contributed by atoms with Crippen LogP contribution in [0.3, 0.4) is 0 Å². The summed E-state index contributed by atoms with van der Waals surface area (Å²) < 4.78 is 0. The van der Waals surface area contributed by atoms with E-state index in [4.69, 9.17) is 0 Å². The van der Waals surface area contributed by atoms with Crippen molar-refractivity contribution in [3.8, 4) is 0 Å². The van der Waals surface area contributed by atoms with Gasteiger partial charge in [0.15, 0.2) is 0 Å². The Kier molecular flexibility index (Phi) is 2.85. The van der Waals surface area contributed by atoms with Crippen LogP contribution in [0.15, 0.2) is 24.9 Å². The molecule has 17 heavy (non-hydrogen) atoms. The Balaban J connectivity index is 1.66. The van der Waals surface area contributed by atoms with Crippen molar-refractivity contribution in [3.05, 3.63) is 30.5 Å². The zero-order chi connectivity index (χ0) is 11.7. The molecule has 0 amide bonds. The molecule has 1 saturated carbocycles. The molecule has 1 aromatic heterocycles. The molecule has 0 unspecified atom stereocenters. The van der Waals surface area contributed by atoms with Gasteiger partial charge in [-0.05, 0) is 30.5 Å². The van der Waals surface area contributed by atoms with E-state index in [9.17, 15) is 0 Å². The van der Waals surface area contributed by atoms with Crippen LogP contribution < -0.4 is 4.90 Å². The molecule has 2 fully saturated rings. The van der Waals surface area contributed by atoms with Crippen LogP contribution in [0.2, 0.25) is 0 Å². The molecule has 2 aliphatic rings. The molecule has 0 N–H and O–H groups in total. The summed E-state index contributed by atoms with van der Waals surface area (Å²) in [7, 11) is 0. The monoisotopic (exact) mass is 229 g/mol. The van der Waals surface area contributed by atoms with E-state index in [2.05, 4.69) is 27.4 Å². The third-order valence-electron chi connectivity index (χ3n) is 3.71. The summed E-state index contributed by atoms with van der Waals surface area (Å²) in [4.78, 5) is 9.46. The Morgan fingerprint density at radius 2 is 2.00 bits per heavy atom. The van der Waals surface area contributed by atoms with E-state index in [1.807, 2.05) is 18.3 Å². The topological polar surface area (TPSA) is 19.4 Å². The lowest BCUT2D eigenvalue weighted by Crippen LogP contribution is -2.47. The number of hydrogen-bond acceptors (Lipinski definition) is 3. The fourth-order valence-electron chi connectivity index (χ4n) is 2.49. The van der Waals surface area contributed by atoms with Gasteiger partial charge in [-0.1, -0.05) is 12.7 Å². The smallest absolute Gasteiger partial charge is 0.129 e. The quantitative estimate of drug-likeness (QED) is 0.790. The van der Waals surface area contributed by atoms with Crippen LogP contribution >= 0.6 is 0 Å². The van der Waals surface area contributed by atoms with E-state index < -0.39 is 0 Å². The minimum Gasteiger partial charge on any atom is -0.354 e. The molecular weight excluding hydrogens is 210 g/mol. The summed E-state index contributed by atoms with van der Waals surface area (Å²) >= 11 is 0. The summed E-state index contributed by atoms with van der Waals surface area (Å²) in [6.45, 7) is 8.38. The van der Waals surface area contributed by atoms with Crippen molar-refractivity contribution in [1.29, 1.82) is 0 Å². The highest BCUT2D eigenvalue weighted by Gasteiger charge is 2.31. The Labute approximate surface area is 103 Å². The molecule has 1 saturated heterocycles. The summed E-state index contributed by atoms with van der Waals surface area (Å²) in [6, 6.07) is 5.01. The number of anilines is 1. The maximum Gasteiger partial charge on any atom is 0.129 e. The number of hydrogen-bond donors (Lipinski definition) is 0. The van der Waals surface area contributed by atoms with Crippen molar-refractivity contribution < 1.29 is 0 Å². The van der Waals surface area contributed by atoms with Crippen molar-refractivity contribution in [1.82, 2.24) is 9.88 Å². The molecule has 1 aliphatic heterocycles. The fraction of sp³-hybridized carbons (Fsp3) is 0.500. The van der Waals surface area contributed by atoms with Crippen LogP contribution in [0.5, 0.6) is 0 Å². The first-order valence-electron chi connectivity index (χ1n) is 6.44. The van der Waals surface area contributed by atoms with E-state index in [-0.39, 0.29) is 0 Å². The number of nitrogens with zero attached hydrogens (tertiary/aromatic N) is 3. The summed E-state index contributed by atoms with van der Waals surface area (Å²) in [5.41, 5.74) is 1.15. The normalized spacial score (nSPS) is 21.5. The summed E-state index contributed by atoms with van der Waals surface area (Å²) in [5, 5.41) is 0. The second kappa shape index (κ2) is 4.49. The Bertz CT molecular complexity index is 404. The first kappa shape index (κ1) is 10.8. The third-order valence-corrected chi connectivity index (χ3v) is 3.71. The first-order valence-corrected chi connectivity index (χ1v) is 6.44. The van der Waals surface area contributed by atoms with Gasteiger partial charge in [-0.2, -0.15) is 0 Å². The highest BCUT2D eigenvalue weighted by molar-refractivity contribution is 5.53. The maximum atomic E-state index is 4.46. The third kappa shape index (κ3) is 2.34. The lowest BCUT2D eigenvalue weighted by atomic mass is 10.2. The van der Waals surface area contributed by atoms with Crippen LogP contribution in [0, 0.1) is 0 Å². The van der Waals surface area contributed by atoms with Gasteiger partial charge in [0.1, 0.15) is 5.82 Å². The largest absolute Gasteiger partial charge is 0.354 e. The maximum absolute atomic E-state index is 4.46. The van der Waals surface area contributed by atoms with Gasteiger partial charge in [-0.25, -0.2) is 4.98 Å². The van der Waals surface area contributed by atoms with Crippen molar-refractivity contribution >= 4 is 11.9 Å². The predicted octanol–water partition coefficient (Wildman–Crippen LogP) is 2.01. The molecule has 0 bridgehead atoms. The van der Waals surface area contributed by atoms with Crippen molar-refractivity contribution in [3.63, 3.8) is 0 Å². The second-order valence-electron chi connectivity index (χ2n) is 4.91. The zero-order valence-corrected chi connectivity index (χ0v) is 10.2. The van der Waals surface area contributed by atoms with Crippen LogP contribution in [0.4, 0.5) is 5.82 Å². The lowest BCUT2D eigenvalue weighted by molar-refractivity contribution is 0.247. The molecule has 2 heterocycles. The minimum atomic E-state index is 0.893. The lowest BCUT2D eigenvalue weighted by Gasteiger charge is -2.35. The van der Waals surface area contributed by atoms with E-state index in [1.165, 1.54) is 25.9 Å². The molecule has 0 spiro atoms. The Hall–Kier alpha value is -1.35. The van der Waals surface area contributed by atoms with E-state index in [0.29, 0.717) is 0 Å². The zero-order valence-electron chi connectivity index (χ0n) is 10.2. The van der Waals surface area contributed by atoms with Crippen LogP contribution in [-0.4, -0.2) is 42.1 Å². The predicted molar refractivity (Wildman–Crippen MR) is 71.1 cm³/mol. The fourth-order valence-corrected chi connectivity index (χ4v) is 2.49. The van der Waals surface area contributed by atoms with E-state index >= 15 is 0 Å². The van der Waals surface area contributed by atoms with Gasteiger partial charge >= 0.3 is 0 Å². The molecule has 0 atom stereocenters. The van der Waals surface area contributed by atoms with Gasteiger partial charge in [0, 0.05) is 38.4 Å². The van der Waals surface area contributed by atoms with Crippen molar-refractivity contribution in [2.45, 2.75) is 18.9 Å². The van der Waals surface area contributed by atoms with E-state index in [0.717, 1.165) is 30.5 Å². The number of aromatic nitrogens is 1. The van der Waals surface area contributed by atoms with Crippen molar-refractivity contribution in [2.75, 3.05) is 31.1 Å². The highest BCUT2D eigenvalue weighted by atomic mass is 15.3. The molecule has 0 aromatic carbocycles. The number of pyridine rings is 1. The van der Waals surface area contributed by atoms with Gasteiger partial charge in [-0.15, -0.1) is 0 Å². The first-order chi connectivity index (χ1) is 8.36. The van der Waals surface area contributed by atoms with Gasteiger partial charge in [0.05, 0.1) is 0 Å². The van der Waals surface area contributed by atoms with Crippen LogP contribution in [0.25, 0.3) is 6.08 Å². The molecule has 1 aromatic rings. The molecule has 3 heteroatoms. The Morgan fingerprint density at radius 3 is 2.65 bits per heavy atom. The minimum absolute atomic E-state index is 0.893. The molecule has 0 radical (unpaired) electrons. The molecule has 90 valence electrons. The molecule has 3 rings (SSSR count). The van der Waals surface area contributed by atoms with Crippen LogP contribution in [0.1, 0.15) is 18.4 Å². The summed E-state index contributed by atoms with van der Waals surface area (Å²) in [6.07, 6.45) is 6.57. The molecular formula is C14H19N3. The average Bonchev–Trinajstić information content (AvgIpc) is 3.23. The number of piperazine rings is 1. The van der Waals surface area contributed by atoms with Gasteiger partial charge < -0.3 is 4.90 Å². The SMILES string of the molecule is C=Cc1ccnc(N2CCN(C3CC3)CC2)c1. The second-order valence-corrected chi connectivity index (χ2v) is 4.91. The standard InChI is InChI=1S/C14H19N3/c1-2-12-5-6-15-14(11-12)17-9-7-16(8-10-17)13-3-4-13/h2,5-6,11,13H,1,3-4,7-10H2. The van der Waals surface area contributed by atoms with Gasteiger partial charge in [0.2, 0.25) is 0 Å². The molecule has 3 nitrogen and oxygen atoms in total. The van der Waals surface area contributed by atoms with E-state index in [1.54, 1.807) is 0 Å². The number of rotatable bonds is 3.